The lowest BCUT2D eigenvalue weighted by atomic mass is 10.1. The van der Waals surface area contributed by atoms with Gasteiger partial charge in [0.15, 0.2) is 0 Å². The predicted molar refractivity (Wildman–Crippen MR) is 80.3 cm³/mol. The van der Waals surface area contributed by atoms with E-state index in [2.05, 4.69) is 41.8 Å². The van der Waals surface area contributed by atoms with Crippen LogP contribution in [0.15, 0.2) is 41.3 Å². The summed E-state index contributed by atoms with van der Waals surface area (Å²) < 4.78 is 2.40. The number of carbonyl (C=O) groups excluding carboxylic acids is 1. The molecule has 2 N–H and O–H groups in total. The fourth-order valence-corrected chi connectivity index (χ4v) is 2.30. The van der Waals surface area contributed by atoms with Gasteiger partial charge in [0.05, 0.1) is 5.69 Å². The number of hydrogen-bond acceptors (Lipinski definition) is 4. The van der Waals surface area contributed by atoms with Gasteiger partial charge in [-0.15, -0.1) is 5.10 Å². The van der Waals surface area contributed by atoms with Crippen molar-refractivity contribution in [3.05, 3.63) is 52.5 Å². The number of carbonyl (C=O) groups is 1. The van der Waals surface area contributed by atoms with E-state index in [9.17, 15) is 4.79 Å². The number of nitrogens with zero attached hydrogens (tertiary/aromatic N) is 4. The van der Waals surface area contributed by atoms with Gasteiger partial charge in [0.25, 0.3) is 5.91 Å². The first-order valence-electron chi connectivity index (χ1n) is 6.13. The molecule has 0 fully saturated rings. The third-order valence-electron chi connectivity index (χ3n) is 2.94. The van der Waals surface area contributed by atoms with Gasteiger partial charge in [-0.05, 0) is 63.1 Å². The number of anilines is 1. The van der Waals surface area contributed by atoms with Gasteiger partial charge >= 0.3 is 0 Å². The SMILES string of the molecule is Cc1cc(NC(=O)c2cc(Br)c[nH]2)ccc1-n1cnnn1. The van der Waals surface area contributed by atoms with E-state index in [4.69, 9.17) is 0 Å². The van der Waals surface area contributed by atoms with Crippen molar-refractivity contribution >= 4 is 27.5 Å². The summed E-state index contributed by atoms with van der Waals surface area (Å²) in [5, 5.41) is 13.9. The number of amides is 1. The summed E-state index contributed by atoms with van der Waals surface area (Å²) in [6, 6.07) is 7.25. The number of benzene rings is 1. The Kier molecular flexibility index (Phi) is 3.53. The molecule has 21 heavy (non-hydrogen) atoms. The van der Waals surface area contributed by atoms with Crippen LogP contribution in [0.2, 0.25) is 0 Å². The van der Waals surface area contributed by atoms with Crippen LogP contribution >= 0.6 is 15.9 Å². The molecule has 0 aliphatic carbocycles. The van der Waals surface area contributed by atoms with E-state index in [-0.39, 0.29) is 5.91 Å². The topological polar surface area (TPSA) is 88.5 Å². The minimum Gasteiger partial charge on any atom is -0.356 e. The summed E-state index contributed by atoms with van der Waals surface area (Å²) in [4.78, 5) is 14.9. The van der Waals surface area contributed by atoms with Gasteiger partial charge < -0.3 is 10.3 Å². The van der Waals surface area contributed by atoms with Crippen molar-refractivity contribution in [1.29, 1.82) is 0 Å². The second-order valence-corrected chi connectivity index (χ2v) is 5.36. The van der Waals surface area contributed by atoms with Crippen LogP contribution in [0.4, 0.5) is 5.69 Å². The van der Waals surface area contributed by atoms with Crippen molar-refractivity contribution in [3.63, 3.8) is 0 Å². The number of hydrogen-bond donors (Lipinski definition) is 2. The number of aromatic nitrogens is 5. The molecule has 8 heteroatoms. The first kappa shape index (κ1) is 13.5. The van der Waals surface area contributed by atoms with E-state index in [1.807, 2.05) is 19.1 Å². The smallest absolute Gasteiger partial charge is 0.272 e. The normalized spacial score (nSPS) is 10.6. The van der Waals surface area contributed by atoms with E-state index in [0.717, 1.165) is 15.7 Å². The van der Waals surface area contributed by atoms with Crippen molar-refractivity contribution in [3.8, 4) is 5.69 Å². The van der Waals surface area contributed by atoms with Crippen LogP contribution in [-0.2, 0) is 0 Å². The van der Waals surface area contributed by atoms with Crippen LogP contribution in [0, 0.1) is 6.92 Å². The number of aromatic amines is 1. The number of aryl methyl sites for hydroxylation is 1. The van der Waals surface area contributed by atoms with Crippen LogP contribution in [0.3, 0.4) is 0 Å². The molecule has 1 amide bonds. The molecule has 1 aromatic carbocycles. The standard InChI is InChI=1S/C13H11BrN6O/c1-8-4-10(2-3-12(8)20-7-16-18-19-20)17-13(21)11-5-9(14)6-15-11/h2-7,15H,1H3,(H,17,21). The Hall–Kier alpha value is -2.48. The zero-order chi connectivity index (χ0) is 14.8. The monoisotopic (exact) mass is 346 g/mol. The highest BCUT2D eigenvalue weighted by molar-refractivity contribution is 9.10. The number of tetrazole rings is 1. The molecule has 0 atom stereocenters. The van der Waals surface area contributed by atoms with Crippen molar-refractivity contribution in [2.45, 2.75) is 6.92 Å². The second-order valence-electron chi connectivity index (χ2n) is 4.44. The quantitative estimate of drug-likeness (QED) is 0.761. The molecule has 2 heterocycles. The van der Waals surface area contributed by atoms with Gasteiger partial charge in [-0.25, -0.2) is 4.68 Å². The predicted octanol–water partition coefficient (Wildman–Crippen LogP) is 2.31. The van der Waals surface area contributed by atoms with Gasteiger partial charge in [-0.3, -0.25) is 4.79 Å². The summed E-state index contributed by atoms with van der Waals surface area (Å²) in [6.07, 6.45) is 3.23. The first-order chi connectivity index (χ1) is 10.1. The molecule has 0 aliphatic rings. The van der Waals surface area contributed by atoms with Crippen LogP contribution in [0.1, 0.15) is 16.1 Å². The van der Waals surface area contributed by atoms with E-state index in [1.165, 1.54) is 6.33 Å². The van der Waals surface area contributed by atoms with Gasteiger partial charge in [0.1, 0.15) is 12.0 Å². The van der Waals surface area contributed by atoms with Crippen LogP contribution in [0.25, 0.3) is 5.69 Å². The summed E-state index contributed by atoms with van der Waals surface area (Å²) in [5.74, 6) is -0.199. The maximum Gasteiger partial charge on any atom is 0.272 e. The van der Waals surface area contributed by atoms with Crippen molar-refractivity contribution < 1.29 is 4.79 Å². The molecule has 0 radical (unpaired) electrons. The summed E-state index contributed by atoms with van der Waals surface area (Å²) in [6.45, 7) is 1.93. The molecular formula is C13H11BrN6O. The lowest BCUT2D eigenvalue weighted by Gasteiger charge is -2.08. The Bertz CT molecular complexity index is 780. The van der Waals surface area contributed by atoms with Crippen LogP contribution in [0.5, 0.6) is 0 Å². The van der Waals surface area contributed by atoms with Gasteiger partial charge in [-0.2, -0.15) is 0 Å². The molecular weight excluding hydrogens is 336 g/mol. The lowest BCUT2D eigenvalue weighted by molar-refractivity contribution is 0.102. The minimum absolute atomic E-state index is 0.199. The molecule has 3 rings (SSSR count). The highest BCUT2D eigenvalue weighted by Gasteiger charge is 2.10. The zero-order valence-electron chi connectivity index (χ0n) is 11.0. The maximum absolute atomic E-state index is 12.1. The van der Waals surface area contributed by atoms with Crippen molar-refractivity contribution in [2.24, 2.45) is 0 Å². The largest absolute Gasteiger partial charge is 0.356 e. The number of nitrogens with one attached hydrogen (secondary N) is 2. The molecule has 106 valence electrons. The molecule has 0 bridgehead atoms. The fraction of sp³-hybridized carbons (Fsp3) is 0.0769. The molecule has 0 saturated heterocycles. The van der Waals surface area contributed by atoms with Gasteiger partial charge in [0, 0.05) is 16.4 Å². The Labute approximate surface area is 128 Å². The molecule has 0 aliphatic heterocycles. The van der Waals surface area contributed by atoms with Crippen molar-refractivity contribution in [2.75, 3.05) is 5.32 Å². The summed E-state index contributed by atoms with van der Waals surface area (Å²) >= 11 is 3.30. The van der Waals surface area contributed by atoms with Gasteiger partial charge in [0.2, 0.25) is 0 Å². The van der Waals surface area contributed by atoms with E-state index >= 15 is 0 Å². The maximum atomic E-state index is 12.1. The second kappa shape index (κ2) is 5.49. The molecule has 0 saturated carbocycles. The van der Waals surface area contributed by atoms with Crippen LogP contribution < -0.4 is 5.32 Å². The summed E-state index contributed by atoms with van der Waals surface area (Å²) in [5.41, 5.74) is 3.01. The Morgan fingerprint density at radius 1 is 1.38 bits per heavy atom. The first-order valence-corrected chi connectivity index (χ1v) is 6.92. The highest BCUT2D eigenvalue weighted by atomic mass is 79.9. The van der Waals surface area contributed by atoms with Crippen LogP contribution in [-0.4, -0.2) is 31.1 Å². The van der Waals surface area contributed by atoms with E-state index in [1.54, 1.807) is 23.0 Å². The number of H-pyrrole nitrogens is 1. The molecule has 0 unspecified atom stereocenters. The minimum atomic E-state index is -0.199. The summed E-state index contributed by atoms with van der Waals surface area (Å²) in [7, 11) is 0. The molecule has 0 spiro atoms. The third kappa shape index (κ3) is 2.84. The van der Waals surface area contributed by atoms with E-state index < -0.39 is 0 Å². The van der Waals surface area contributed by atoms with Crippen molar-refractivity contribution in [1.82, 2.24) is 25.2 Å². The fourth-order valence-electron chi connectivity index (χ4n) is 1.96. The molecule has 3 aromatic rings. The Morgan fingerprint density at radius 3 is 2.86 bits per heavy atom. The number of halogens is 1. The molecule has 2 aromatic heterocycles. The highest BCUT2D eigenvalue weighted by Crippen LogP contribution is 2.19. The molecule has 7 nitrogen and oxygen atoms in total. The number of rotatable bonds is 3. The third-order valence-corrected chi connectivity index (χ3v) is 3.40. The van der Waals surface area contributed by atoms with Gasteiger partial charge in [-0.1, -0.05) is 0 Å². The lowest BCUT2D eigenvalue weighted by Crippen LogP contribution is -2.12. The Morgan fingerprint density at radius 2 is 2.24 bits per heavy atom. The average molecular weight is 347 g/mol. The van der Waals surface area contributed by atoms with E-state index in [0.29, 0.717) is 11.4 Å². The Balaban J connectivity index is 1.81. The zero-order valence-corrected chi connectivity index (χ0v) is 12.6. The average Bonchev–Trinajstić information content (AvgIpc) is 3.10.